The number of anilines is 2. The van der Waals surface area contributed by atoms with Gasteiger partial charge in [-0.3, -0.25) is 4.79 Å². The highest BCUT2D eigenvalue weighted by atomic mass is 16.2. The van der Waals surface area contributed by atoms with Crippen LogP contribution in [0, 0.1) is 11.3 Å². The van der Waals surface area contributed by atoms with Crippen molar-refractivity contribution in [3.05, 3.63) is 23.8 Å². The van der Waals surface area contributed by atoms with Crippen LogP contribution in [0.2, 0.25) is 0 Å². The molecule has 1 amide bonds. The van der Waals surface area contributed by atoms with E-state index in [4.69, 9.17) is 11.0 Å². The van der Waals surface area contributed by atoms with Crippen LogP contribution in [0.1, 0.15) is 12.5 Å². The molecule has 2 rings (SSSR count). The van der Waals surface area contributed by atoms with Crippen LogP contribution in [-0.2, 0) is 4.79 Å². The Morgan fingerprint density at radius 3 is 2.83 bits per heavy atom. The van der Waals surface area contributed by atoms with Crippen molar-refractivity contribution >= 4 is 17.3 Å². The zero-order chi connectivity index (χ0) is 13.3. The minimum absolute atomic E-state index is 0.00954. The van der Waals surface area contributed by atoms with Gasteiger partial charge in [0.2, 0.25) is 5.91 Å². The van der Waals surface area contributed by atoms with Gasteiger partial charge in [0.1, 0.15) is 0 Å². The van der Waals surface area contributed by atoms with Crippen molar-refractivity contribution in [2.24, 2.45) is 5.73 Å². The summed E-state index contributed by atoms with van der Waals surface area (Å²) in [7, 11) is 1.73. The number of amides is 1. The Balaban J connectivity index is 2.45. The highest BCUT2D eigenvalue weighted by Crippen LogP contribution is 2.33. The number of hydrogen-bond acceptors (Lipinski definition) is 4. The SMILES string of the molecule is CC(N)CN1CC(=O)N(C)c2cc(C#N)ccc21. The highest BCUT2D eigenvalue weighted by molar-refractivity contribution is 6.03. The minimum atomic E-state index is -0.00954. The number of likely N-dealkylation sites (N-methyl/N-ethyl adjacent to an activating group) is 1. The Morgan fingerprint density at radius 2 is 2.22 bits per heavy atom. The van der Waals surface area contributed by atoms with Crippen LogP contribution in [0.15, 0.2) is 18.2 Å². The molecular weight excluding hydrogens is 228 g/mol. The molecule has 0 bridgehead atoms. The quantitative estimate of drug-likeness (QED) is 0.830. The molecule has 5 nitrogen and oxygen atoms in total. The fourth-order valence-corrected chi connectivity index (χ4v) is 2.13. The van der Waals surface area contributed by atoms with Crippen LogP contribution < -0.4 is 15.5 Å². The molecular formula is C13H16N4O. The van der Waals surface area contributed by atoms with Gasteiger partial charge in [0.05, 0.1) is 29.6 Å². The first-order valence-corrected chi connectivity index (χ1v) is 5.84. The van der Waals surface area contributed by atoms with E-state index < -0.39 is 0 Å². The van der Waals surface area contributed by atoms with E-state index in [2.05, 4.69) is 6.07 Å². The largest absolute Gasteiger partial charge is 0.359 e. The number of fused-ring (bicyclic) bond motifs is 1. The van der Waals surface area contributed by atoms with Crippen molar-refractivity contribution in [3.63, 3.8) is 0 Å². The van der Waals surface area contributed by atoms with Gasteiger partial charge < -0.3 is 15.5 Å². The fraction of sp³-hybridized carbons (Fsp3) is 0.385. The molecule has 94 valence electrons. The average Bonchev–Trinajstić information content (AvgIpc) is 2.34. The number of carbonyl (C=O) groups is 1. The predicted molar refractivity (Wildman–Crippen MR) is 70.4 cm³/mol. The Hall–Kier alpha value is -2.06. The van der Waals surface area contributed by atoms with Crippen LogP contribution in [0.4, 0.5) is 11.4 Å². The molecule has 1 aromatic rings. The smallest absolute Gasteiger partial charge is 0.246 e. The lowest BCUT2D eigenvalue weighted by Gasteiger charge is -2.36. The summed E-state index contributed by atoms with van der Waals surface area (Å²) in [4.78, 5) is 15.5. The second-order valence-corrected chi connectivity index (χ2v) is 4.63. The maximum absolute atomic E-state index is 11.9. The Bertz CT molecular complexity index is 518. The highest BCUT2D eigenvalue weighted by Gasteiger charge is 2.27. The van der Waals surface area contributed by atoms with Gasteiger partial charge in [0.25, 0.3) is 0 Å². The average molecular weight is 244 g/mol. The van der Waals surface area contributed by atoms with Crippen molar-refractivity contribution < 1.29 is 4.79 Å². The van der Waals surface area contributed by atoms with Crippen LogP contribution in [0.25, 0.3) is 0 Å². The van der Waals surface area contributed by atoms with Gasteiger partial charge in [-0.25, -0.2) is 0 Å². The number of carbonyl (C=O) groups excluding carboxylic acids is 1. The summed E-state index contributed by atoms with van der Waals surface area (Å²) >= 11 is 0. The van der Waals surface area contributed by atoms with E-state index in [9.17, 15) is 4.79 Å². The first-order chi connectivity index (χ1) is 8.52. The minimum Gasteiger partial charge on any atom is -0.359 e. The molecule has 1 aliphatic heterocycles. The third kappa shape index (κ3) is 2.15. The third-order valence-electron chi connectivity index (χ3n) is 3.02. The van der Waals surface area contributed by atoms with E-state index in [0.717, 1.165) is 11.4 Å². The molecule has 0 fully saturated rings. The third-order valence-corrected chi connectivity index (χ3v) is 3.02. The monoisotopic (exact) mass is 244 g/mol. The summed E-state index contributed by atoms with van der Waals surface area (Å²) in [5.41, 5.74) is 8.07. The molecule has 0 radical (unpaired) electrons. The van der Waals surface area contributed by atoms with Crippen molar-refractivity contribution in [2.45, 2.75) is 13.0 Å². The summed E-state index contributed by atoms with van der Waals surface area (Å²) in [5.74, 6) is 0.0123. The Morgan fingerprint density at radius 1 is 1.50 bits per heavy atom. The van der Waals surface area contributed by atoms with Gasteiger partial charge in [0, 0.05) is 19.6 Å². The van der Waals surface area contributed by atoms with Gasteiger partial charge in [-0.15, -0.1) is 0 Å². The topological polar surface area (TPSA) is 73.4 Å². The molecule has 1 atom stereocenters. The lowest BCUT2D eigenvalue weighted by atomic mass is 10.1. The van der Waals surface area contributed by atoms with Crippen LogP contribution in [0.3, 0.4) is 0 Å². The zero-order valence-corrected chi connectivity index (χ0v) is 10.6. The number of nitrogens with two attached hydrogens (primary N) is 1. The van der Waals surface area contributed by atoms with Crippen LogP contribution in [-0.4, -0.2) is 32.1 Å². The van der Waals surface area contributed by atoms with E-state index in [1.54, 1.807) is 24.1 Å². The predicted octanol–water partition coefficient (Wildman–Crippen LogP) is 0.688. The summed E-state index contributed by atoms with van der Waals surface area (Å²) in [6, 6.07) is 7.45. The lowest BCUT2D eigenvalue weighted by molar-refractivity contribution is -0.117. The van der Waals surface area contributed by atoms with Crippen molar-refractivity contribution in [1.82, 2.24) is 0 Å². The maximum atomic E-state index is 11.9. The molecule has 0 saturated heterocycles. The summed E-state index contributed by atoms with van der Waals surface area (Å²) in [5, 5.41) is 8.92. The molecule has 1 heterocycles. The first-order valence-electron chi connectivity index (χ1n) is 5.84. The number of hydrogen-bond donors (Lipinski definition) is 1. The molecule has 0 spiro atoms. The zero-order valence-electron chi connectivity index (χ0n) is 10.6. The summed E-state index contributed by atoms with van der Waals surface area (Å²) < 4.78 is 0. The van der Waals surface area contributed by atoms with Gasteiger partial charge >= 0.3 is 0 Å². The maximum Gasteiger partial charge on any atom is 0.246 e. The number of nitrogens with zero attached hydrogens (tertiary/aromatic N) is 3. The van der Waals surface area contributed by atoms with E-state index in [1.165, 1.54) is 0 Å². The molecule has 5 heteroatoms. The number of nitriles is 1. The van der Waals surface area contributed by atoms with E-state index in [1.807, 2.05) is 17.9 Å². The standard InChI is InChI=1S/C13H16N4O/c1-9(15)7-17-8-13(18)16(2)12-5-10(6-14)3-4-11(12)17/h3-5,9H,7-8,15H2,1-2H3. The van der Waals surface area contributed by atoms with E-state index >= 15 is 0 Å². The van der Waals surface area contributed by atoms with Gasteiger partial charge in [0.15, 0.2) is 0 Å². The number of rotatable bonds is 2. The van der Waals surface area contributed by atoms with Crippen LogP contribution in [0.5, 0.6) is 0 Å². The summed E-state index contributed by atoms with van der Waals surface area (Å²) in [6.07, 6.45) is 0. The second-order valence-electron chi connectivity index (χ2n) is 4.63. The lowest BCUT2D eigenvalue weighted by Crippen LogP contribution is -2.47. The molecule has 1 unspecified atom stereocenters. The molecule has 1 aliphatic rings. The molecule has 0 saturated carbocycles. The van der Waals surface area contributed by atoms with E-state index in [-0.39, 0.29) is 11.9 Å². The Labute approximate surface area is 106 Å². The molecule has 0 aromatic heterocycles. The second kappa shape index (κ2) is 4.67. The number of benzene rings is 1. The first kappa shape index (κ1) is 12.4. The van der Waals surface area contributed by atoms with E-state index in [0.29, 0.717) is 18.7 Å². The molecule has 18 heavy (non-hydrogen) atoms. The summed E-state index contributed by atoms with van der Waals surface area (Å²) in [6.45, 7) is 2.86. The van der Waals surface area contributed by atoms with Crippen molar-refractivity contribution in [1.29, 1.82) is 5.26 Å². The van der Waals surface area contributed by atoms with Gasteiger partial charge in [-0.1, -0.05) is 0 Å². The normalized spacial score (nSPS) is 16.2. The Kier molecular flexibility index (Phi) is 3.21. The van der Waals surface area contributed by atoms with Crippen molar-refractivity contribution in [3.8, 4) is 6.07 Å². The van der Waals surface area contributed by atoms with Gasteiger partial charge in [-0.05, 0) is 25.1 Å². The fourth-order valence-electron chi connectivity index (χ4n) is 2.13. The van der Waals surface area contributed by atoms with Crippen LogP contribution >= 0.6 is 0 Å². The van der Waals surface area contributed by atoms with Crippen molar-refractivity contribution in [2.75, 3.05) is 29.9 Å². The molecule has 1 aromatic carbocycles. The van der Waals surface area contributed by atoms with Gasteiger partial charge in [-0.2, -0.15) is 5.26 Å². The molecule has 0 aliphatic carbocycles. The molecule has 2 N–H and O–H groups in total.